The van der Waals surface area contributed by atoms with Crippen molar-refractivity contribution in [2.45, 2.75) is 39.2 Å². The topological polar surface area (TPSA) is 63.6 Å². The summed E-state index contributed by atoms with van der Waals surface area (Å²) in [6.07, 6.45) is -0.959. The lowest BCUT2D eigenvalue weighted by Crippen LogP contribution is -2.24. The molecule has 28 heavy (non-hydrogen) atoms. The van der Waals surface area contributed by atoms with E-state index in [0.717, 1.165) is 10.9 Å². The molecule has 3 aromatic rings. The molecule has 0 aliphatic rings. The minimum atomic E-state index is -0.959. The Balaban J connectivity index is 1.77. The summed E-state index contributed by atoms with van der Waals surface area (Å²) in [6, 6.07) is 17.8. The number of Topliss-reactive ketones (excluding diaryl/α,β-unsaturated/α-hetero) is 1. The molecule has 0 aromatic heterocycles. The fourth-order valence-electron chi connectivity index (χ4n) is 3.07. The first-order chi connectivity index (χ1) is 13.2. The molecule has 1 N–H and O–H groups in total. The maximum Gasteiger partial charge on any atom is 0.342 e. The standard InChI is InChI=1S/C24H24O4/c1-15(21(25)17-9-12-18(13-10-17)24(2,3)4)28-23(27)20-14-11-16-7-5-6-8-19(16)22(20)26/h5-15,26H,1-4H3/t15-/m1/s1. The van der Waals surface area contributed by atoms with Gasteiger partial charge in [0, 0.05) is 10.9 Å². The summed E-state index contributed by atoms with van der Waals surface area (Å²) in [4.78, 5) is 25.1. The summed E-state index contributed by atoms with van der Waals surface area (Å²) in [5.74, 6) is -1.15. The Bertz CT molecular complexity index is 1030. The van der Waals surface area contributed by atoms with E-state index >= 15 is 0 Å². The number of carbonyl (C=O) groups is 2. The third-order valence-electron chi connectivity index (χ3n) is 4.81. The van der Waals surface area contributed by atoms with Gasteiger partial charge in [-0.2, -0.15) is 0 Å². The van der Waals surface area contributed by atoms with E-state index in [1.165, 1.54) is 13.0 Å². The number of ketones is 1. The molecule has 0 bridgehead atoms. The predicted octanol–water partition coefficient (Wildman–Crippen LogP) is 5.27. The van der Waals surface area contributed by atoms with Crippen molar-refractivity contribution in [3.8, 4) is 5.75 Å². The molecule has 144 valence electrons. The number of ether oxygens (including phenoxy) is 1. The van der Waals surface area contributed by atoms with E-state index in [1.54, 1.807) is 30.3 Å². The average Bonchev–Trinajstić information content (AvgIpc) is 2.67. The molecule has 1 atom stereocenters. The van der Waals surface area contributed by atoms with E-state index in [9.17, 15) is 14.7 Å². The van der Waals surface area contributed by atoms with Crippen molar-refractivity contribution in [2.75, 3.05) is 0 Å². The number of phenolic OH excluding ortho intramolecular Hbond substituents is 1. The van der Waals surface area contributed by atoms with E-state index in [0.29, 0.717) is 10.9 Å². The highest BCUT2D eigenvalue weighted by Crippen LogP contribution is 2.29. The van der Waals surface area contributed by atoms with Crippen LogP contribution in [-0.4, -0.2) is 23.0 Å². The number of benzene rings is 3. The van der Waals surface area contributed by atoms with Crippen LogP contribution in [0.25, 0.3) is 10.8 Å². The van der Waals surface area contributed by atoms with Gasteiger partial charge >= 0.3 is 5.97 Å². The van der Waals surface area contributed by atoms with Gasteiger partial charge in [-0.3, -0.25) is 4.79 Å². The zero-order valence-electron chi connectivity index (χ0n) is 16.5. The lowest BCUT2D eigenvalue weighted by Gasteiger charge is -2.19. The molecule has 4 heteroatoms. The fourth-order valence-corrected chi connectivity index (χ4v) is 3.07. The Morgan fingerprint density at radius 3 is 2.21 bits per heavy atom. The Morgan fingerprint density at radius 2 is 1.57 bits per heavy atom. The summed E-state index contributed by atoms with van der Waals surface area (Å²) in [7, 11) is 0. The van der Waals surface area contributed by atoms with E-state index in [-0.39, 0.29) is 22.5 Å². The lowest BCUT2D eigenvalue weighted by atomic mass is 9.86. The van der Waals surface area contributed by atoms with Gasteiger partial charge < -0.3 is 9.84 Å². The van der Waals surface area contributed by atoms with Gasteiger partial charge in [0.05, 0.1) is 0 Å². The van der Waals surface area contributed by atoms with Crippen LogP contribution in [0.1, 0.15) is 54.0 Å². The molecule has 0 saturated carbocycles. The number of rotatable bonds is 4. The van der Waals surface area contributed by atoms with Gasteiger partial charge in [-0.15, -0.1) is 0 Å². The molecular weight excluding hydrogens is 352 g/mol. The van der Waals surface area contributed by atoms with Crippen LogP contribution in [0.4, 0.5) is 0 Å². The SMILES string of the molecule is C[C@@H](OC(=O)c1ccc2ccccc2c1O)C(=O)c1ccc(C(C)(C)C)cc1. The molecule has 3 aromatic carbocycles. The van der Waals surface area contributed by atoms with Crippen LogP contribution in [-0.2, 0) is 10.2 Å². The largest absolute Gasteiger partial charge is 0.506 e. The Labute approximate surface area is 164 Å². The molecule has 0 spiro atoms. The van der Waals surface area contributed by atoms with Crippen molar-refractivity contribution in [3.63, 3.8) is 0 Å². The second-order valence-corrected chi connectivity index (χ2v) is 7.92. The highest BCUT2D eigenvalue weighted by molar-refractivity contribution is 6.04. The third-order valence-corrected chi connectivity index (χ3v) is 4.81. The Morgan fingerprint density at radius 1 is 0.929 bits per heavy atom. The van der Waals surface area contributed by atoms with Crippen molar-refractivity contribution < 1.29 is 19.4 Å². The fraction of sp³-hybridized carbons (Fsp3) is 0.250. The maximum absolute atomic E-state index is 12.6. The summed E-state index contributed by atoms with van der Waals surface area (Å²) < 4.78 is 5.33. The minimum Gasteiger partial charge on any atom is -0.506 e. The van der Waals surface area contributed by atoms with Crippen molar-refractivity contribution >= 4 is 22.5 Å². The quantitative estimate of drug-likeness (QED) is 0.498. The van der Waals surface area contributed by atoms with Crippen LogP contribution in [0.5, 0.6) is 5.75 Å². The van der Waals surface area contributed by atoms with Crippen LogP contribution in [0.2, 0.25) is 0 Å². The van der Waals surface area contributed by atoms with Crippen LogP contribution in [0.15, 0.2) is 60.7 Å². The Kier molecular flexibility index (Phi) is 5.23. The van der Waals surface area contributed by atoms with Gasteiger partial charge in [0.15, 0.2) is 6.10 Å². The number of fused-ring (bicyclic) bond motifs is 1. The van der Waals surface area contributed by atoms with Crippen molar-refractivity contribution in [1.82, 2.24) is 0 Å². The van der Waals surface area contributed by atoms with Gasteiger partial charge in [-0.25, -0.2) is 4.79 Å². The monoisotopic (exact) mass is 376 g/mol. The maximum atomic E-state index is 12.6. The first-order valence-corrected chi connectivity index (χ1v) is 9.25. The van der Waals surface area contributed by atoms with Crippen LogP contribution in [0, 0.1) is 0 Å². The van der Waals surface area contributed by atoms with Gasteiger partial charge in [-0.1, -0.05) is 75.4 Å². The van der Waals surface area contributed by atoms with E-state index < -0.39 is 12.1 Å². The highest BCUT2D eigenvalue weighted by atomic mass is 16.5. The Hall–Kier alpha value is -3.14. The van der Waals surface area contributed by atoms with E-state index in [2.05, 4.69) is 20.8 Å². The molecule has 0 fully saturated rings. The van der Waals surface area contributed by atoms with Crippen molar-refractivity contribution in [3.05, 3.63) is 77.4 Å². The highest BCUT2D eigenvalue weighted by Gasteiger charge is 2.23. The van der Waals surface area contributed by atoms with Gasteiger partial charge in [0.1, 0.15) is 11.3 Å². The number of hydrogen-bond acceptors (Lipinski definition) is 4. The zero-order chi connectivity index (χ0) is 20.5. The number of carbonyl (C=O) groups excluding carboxylic acids is 2. The number of aromatic hydroxyl groups is 1. The predicted molar refractivity (Wildman–Crippen MR) is 110 cm³/mol. The summed E-state index contributed by atoms with van der Waals surface area (Å²) in [6.45, 7) is 7.84. The molecular formula is C24H24O4. The molecule has 0 heterocycles. The molecule has 0 radical (unpaired) electrons. The number of hydrogen-bond donors (Lipinski definition) is 1. The second kappa shape index (κ2) is 7.47. The molecule has 0 unspecified atom stereocenters. The summed E-state index contributed by atoms with van der Waals surface area (Å²) in [5.41, 5.74) is 1.64. The van der Waals surface area contributed by atoms with Crippen molar-refractivity contribution in [2.24, 2.45) is 0 Å². The van der Waals surface area contributed by atoms with Crippen LogP contribution in [0.3, 0.4) is 0 Å². The zero-order valence-corrected chi connectivity index (χ0v) is 16.5. The molecule has 4 nitrogen and oxygen atoms in total. The van der Waals surface area contributed by atoms with Gasteiger partial charge in [0.25, 0.3) is 0 Å². The molecule has 3 rings (SSSR count). The lowest BCUT2D eigenvalue weighted by molar-refractivity contribution is 0.0316. The normalized spacial score (nSPS) is 12.6. The van der Waals surface area contributed by atoms with E-state index in [1.807, 2.05) is 24.3 Å². The summed E-state index contributed by atoms with van der Waals surface area (Å²) in [5, 5.41) is 11.8. The van der Waals surface area contributed by atoms with E-state index in [4.69, 9.17) is 4.74 Å². The number of esters is 1. The minimum absolute atomic E-state index is 0.00668. The smallest absolute Gasteiger partial charge is 0.342 e. The van der Waals surface area contributed by atoms with Crippen LogP contribution < -0.4 is 0 Å². The third kappa shape index (κ3) is 3.91. The number of phenols is 1. The van der Waals surface area contributed by atoms with Crippen molar-refractivity contribution in [1.29, 1.82) is 0 Å². The molecule has 0 aliphatic heterocycles. The van der Waals surface area contributed by atoms with Gasteiger partial charge in [0.2, 0.25) is 5.78 Å². The second-order valence-electron chi connectivity index (χ2n) is 7.92. The van der Waals surface area contributed by atoms with Gasteiger partial charge in [-0.05, 0) is 29.4 Å². The first-order valence-electron chi connectivity index (χ1n) is 9.25. The first kappa shape index (κ1) is 19.6. The summed E-state index contributed by atoms with van der Waals surface area (Å²) >= 11 is 0. The average molecular weight is 376 g/mol. The molecule has 0 saturated heterocycles. The van der Waals surface area contributed by atoms with Crippen LogP contribution >= 0.6 is 0 Å². The molecule has 0 amide bonds. The molecule has 0 aliphatic carbocycles.